The quantitative estimate of drug-likeness (QED) is 0.549. The van der Waals surface area contributed by atoms with Gasteiger partial charge in [-0.25, -0.2) is 5.43 Å². The van der Waals surface area contributed by atoms with Gasteiger partial charge in [0.15, 0.2) is 6.61 Å². The fourth-order valence-electron chi connectivity index (χ4n) is 3.19. The molecule has 0 radical (unpaired) electrons. The van der Waals surface area contributed by atoms with Gasteiger partial charge in [0, 0.05) is 5.69 Å². The van der Waals surface area contributed by atoms with Gasteiger partial charge >= 0.3 is 0 Å². The molecule has 2 aromatic carbocycles. The predicted molar refractivity (Wildman–Crippen MR) is 110 cm³/mol. The molecule has 0 spiro atoms. The van der Waals surface area contributed by atoms with E-state index in [1.807, 2.05) is 26.8 Å². The Morgan fingerprint density at radius 3 is 2.61 bits per heavy atom. The van der Waals surface area contributed by atoms with Crippen LogP contribution in [0.3, 0.4) is 0 Å². The minimum Gasteiger partial charge on any atom is -0.482 e. The molecule has 28 heavy (non-hydrogen) atoms. The summed E-state index contributed by atoms with van der Waals surface area (Å²) in [6.45, 7) is 8.00. The Balaban J connectivity index is 1.61. The second-order valence-corrected chi connectivity index (χ2v) is 6.91. The van der Waals surface area contributed by atoms with Crippen LogP contribution in [-0.4, -0.2) is 30.7 Å². The van der Waals surface area contributed by atoms with Crippen molar-refractivity contribution in [3.8, 4) is 5.75 Å². The van der Waals surface area contributed by atoms with Gasteiger partial charge in [0.05, 0.1) is 17.9 Å². The number of carbonyl (C=O) groups is 2. The molecule has 0 aromatic heterocycles. The van der Waals surface area contributed by atoms with Crippen molar-refractivity contribution in [3.63, 3.8) is 0 Å². The van der Waals surface area contributed by atoms with E-state index in [1.165, 1.54) is 5.56 Å². The Morgan fingerprint density at radius 1 is 1.18 bits per heavy atom. The number of benzene rings is 2. The molecule has 7 nitrogen and oxygen atoms in total. The number of rotatable bonds is 5. The summed E-state index contributed by atoms with van der Waals surface area (Å²) in [6, 6.07) is 9.53. The third-order valence-corrected chi connectivity index (χ3v) is 4.48. The number of carbonyl (C=O) groups excluding carboxylic acids is 2. The number of nitrogens with one attached hydrogen (secondary N) is 3. The minimum atomic E-state index is -0.242. The van der Waals surface area contributed by atoms with E-state index in [9.17, 15) is 9.59 Å². The number of anilines is 2. The zero-order valence-corrected chi connectivity index (χ0v) is 16.5. The van der Waals surface area contributed by atoms with Gasteiger partial charge in [0.1, 0.15) is 5.75 Å². The average molecular weight is 380 g/mol. The Bertz CT molecular complexity index is 943. The van der Waals surface area contributed by atoms with Gasteiger partial charge < -0.3 is 15.4 Å². The monoisotopic (exact) mass is 380 g/mol. The molecule has 3 N–H and O–H groups in total. The normalized spacial score (nSPS) is 13.3. The van der Waals surface area contributed by atoms with Gasteiger partial charge in [-0.3, -0.25) is 9.59 Å². The van der Waals surface area contributed by atoms with Crippen molar-refractivity contribution in [1.29, 1.82) is 0 Å². The molecule has 0 atom stereocenters. The first-order valence-electron chi connectivity index (χ1n) is 9.05. The van der Waals surface area contributed by atoms with Crippen molar-refractivity contribution in [3.05, 3.63) is 52.6 Å². The van der Waals surface area contributed by atoms with Crippen molar-refractivity contribution in [2.45, 2.75) is 27.7 Å². The zero-order chi connectivity index (χ0) is 20.3. The standard InChI is InChI=1S/C21H24N4O3/c1-12-7-13(2)21(14(3)8-12)22-10-19(26)25-24-15(4)16-5-6-18-17(9-16)23-20(27)11-28-18/h5-9,22H,10-11H2,1-4H3,(H,23,27)(H,25,26)/b24-15-. The van der Waals surface area contributed by atoms with E-state index in [4.69, 9.17) is 4.74 Å². The van der Waals surface area contributed by atoms with Crippen molar-refractivity contribution in [2.24, 2.45) is 5.10 Å². The fraction of sp³-hybridized carbons (Fsp3) is 0.286. The van der Waals surface area contributed by atoms with Crippen LogP contribution >= 0.6 is 0 Å². The van der Waals surface area contributed by atoms with E-state index < -0.39 is 0 Å². The van der Waals surface area contributed by atoms with Gasteiger partial charge in [0.2, 0.25) is 0 Å². The number of fused-ring (bicyclic) bond motifs is 1. The molecule has 1 heterocycles. The molecule has 1 aliphatic rings. The summed E-state index contributed by atoms with van der Waals surface area (Å²) in [5, 5.41) is 10.1. The van der Waals surface area contributed by atoms with E-state index >= 15 is 0 Å². The van der Waals surface area contributed by atoms with Crippen LogP contribution in [0.25, 0.3) is 0 Å². The van der Waals surface area contributed by atoms with E-state index in [0.29, 0.717) is 17.1 Å². The van der Waals surface area contributed by atoms with E-state index in [-0.39, 0.29) is 25.0 Å². The van der Waals surface area contributed by atoms with Crippen LogP contribution in [0, 0.1) is 20.8 Å². The molecular weight excluding hydrogens is 356 g/mol. The van der Waals surface area contributed by atoms with Crippen LogP contribution in [0.5, 0.6) is 5.75 Å². The summed E-state index contributed by atoms with van der Waals surface area (Å²) in [6.07, 6.45) is 0. The number of amides is 2. The number of ether oxygens (including phenoxy) is 1. The van der Waals surface area contributed by atoms with E-state index in [0.717, 1.165) is 22.4 Å². The average Bonchev–Trinajstić information content (AvgIpc) is 2.64. The Morgan fingerprint density at radius 2 is 1.89 bits per heavy atom. The maximum absolute atomic E-state index is 12.2. The van der Waals surface area contributed by atoms with Crippen LogP contribution in [0.15, 0.2) is 35.4 Å². The fourth-order valence-corrected chi connectivity index (χ4v) is 3.19. The topological polar surface area (TPSA) is 91.8 Å². The van der Waals surface area contributed by atoms with Crippen molar-refractivity contribution >= 4 is 28.9 Å². The summed E-state index contributed by atoms with van der Waals surface area (Å²) in [5.41, 5.74) is 8.92. The summed E-state index contributed by atoms with van der Waals surface area (Å²) in [7, 11) is 0. The molecule has 1 aliphatic heterocycles. The lowest BCUT2D eigenvalue weighted by Crippen LogP contribution is -2.27. The van der Waals surface area contributed by atoms with Crippen molar-refractivity contribution in [2.75, 3.05) is 23.8 Å². The maximum Gasteiger partial charge on any atom is 0.262 e. The number of hydrazone groups is 1. The molecule has 3 rings (SSSR count). The van der Waals surface area contributed by atoms with Crippen LogP contribution < -0.4 is 20.8 Å². The Hall–Kier alpha value is -3.35. The first-order chi connectivity index (χ1) is 13.3. The van der Waals surface area contributed by atoms with E-state index in [2.05, 4.69) is 33.3 Å². The van der Waals surface area contributed by atoms with Gasteiger partial charge in [-0.05, 0) is 62.6 Å². The number of hydrogen-bond donors (Lipinski definition) is 3. The lowest BCUT2D eigenvalue weighted by molar-refractivity contribution is -0.119. The Kier molecular flexibility index (Phi) is 5.63. The molecule has 0 saturated heterocycles. The third-order valence-electron chi connectivity index (χ3n) is 4.48. The summed E-state index contributed by atoms with van der Waals surface area (Å²) in [4.78, 5) is 23.6. The van der Waals surface area contributed by atoms with Crippen LogP contribution in [0.1, 0.15) is 29.2 Å². The molecule has 146 valence electrons. The SMILES string of the molecule is C/C(=N/NC(=O)CNc1c(C)cc(C)cc1C)c1ccc2c(c1)NC(=O)CO2. The van der Waals surface area contributed by atoms with Crippen molar-refractivity contribution in [1.82, 2.24) is 5.43 Å². The molecular formula is C21H24N4O3. The van der Waals surface area contributed by atoms with Gasteiger partial charge in [-0.2, -0.15) is 5.10 Å². The molecule has 0 saturated carbocycles. The summed E-state index contributed by atoms with van der Waals surface area (Å²) >= 11 is 0. The number of aryl methyl sites for hydroxylation is 3. The number of nitrogens with zero attached hydrogens (tertiary/aromatic N) is 1. The third kappa shape index (κ3) is 4.49. The molecule has 0 fully saturated rings. The molecule has 2 aromatic rings. The van der Waals surface area contributed by atoms with Gasteiger partial charge in [-0.1, -0.05) is 17.7 Å². The number of hydrogen-bond acceptors (Lipinski definition) is 5. The summed E-state index contributed by atoms with van der Waals surface area (Å²) < 4.78 is 5.34. The lowest BCUT2D eigenvalue weighted by atomic mass is 10.1. The highest BCUT2D eigenvalue weighted by molar-refractivity contribution is 6.02. The molecule has 7 heteroatoms. The first kappa shape index (κ1) is 19.4. The molecule has 2 amide bonds. The summed E-state index contributed by atoms with van der Waals surface area (Å²) in [5.74, 6) is 0.182. The highest BCUT2D eigenvalue weighted by Crippen LogP contribution is 2.28. The smallest absolute Gasteiger partial charge is 0.262 e. The molecule has 0 bridgehead atoms. The molecule has 0 unspecified atom stereocenters. The Labute approximate surface area is 164 Å². The highest BCUT2D eigenvalue weighted by atomic mass is 16.5. The zero-order valence-electron chi connectivity index (χ0n) is 16.5. The lowest BCUT2D eigenvalue weighted by Gasteiger charge is -2.18. The van der Waals surface area contributed by atoms with Crippen molar-refractivity contribution < 1.29 is 14.3 Å². The van der Waals surface area contributed by atoms with Crippen LogP contribution in [-0.2, 0) is 9.59 Å². The van der Waals surface area contributed by atoms with E-state index in [1.54, 1.807) is 19.1 Å². The highest BCUT2D eigenvalue weighted by Gasteiger charge is 2.16. The van der Waals surface area contributed by atoms with Gasteiger partial charge in [-0.15, -0.1) is 0 Å². The second kappa shape index (κ2) is 8.12. The van der Waals surface area contributed by atoms with Crippen LogP contribution in [0.4, 0.5) is 11.4 Å². The van der Waals surface area contributed by atoms with Crippen LogP contribution in [0.2, 0.25) is 0 Å². The predicted octanol–water partition coefficient (Wildman–Crippen LogP) is 2.90. The second-order valence-electron chi connectivity index (χ2n) is 6.91. The molecule has 0 aliphatic carbocycles. The first-order valence-corrected chi connectivity index (χ1v) is 9.05. The largest absolute Gasteiger partial charge is 0.482 e. The van der Waals surface area contributed by atoms with Gasteiger partial charge in [0.25, 0.3) is 11.8 Å². The maximum atomic E-state index is 12.2. The minimum absolute atomic E-state index is 0.0163.